The predicted octanol–water partition coefficient (Wildman–Crippen LogP) is 2.58. The molecular weight excluding hydrogens is 266 g/mol. The van der Waals surface area contributed by atoms with E-state index in [0.717, 1.165) is 25.8 Å². The molecule has 114 valence electrons. The van der Waals surface area contributed by atoms with E-state index in [9.17, 15) is 0 Å². The number of nitrogens with one attached hydrogen (secondary N) is 1. The van der Waals surface area contributed by atoms with Crippen molar-refractivity contribution in [2.45, 2.75) is 65.1 Å². The minimum absolute atomic E-state index is 0.0544. The van der Waals surface area contributed by atoms with Crippen molar-refractivity contribution in [2.75, 3.05) is 0 Å². The van der Waals surface area contributed by atoms with Crippen LogP contribution in [0.5, 0.6) is 0 Å². The average Bonchev–Trinajstić information content (AvgIpc) is 3.14. The molecule has 0 amide bonds. The minimum atomic E-state index is 0.0544. The second-order valence-corrected chi connectivity index (χ2v) is 5.58. The molecule has 0 radical (unpaired) electrons. The first-order valence-electron chi connectivity index (χ1n) is 7.85. The molecule has 3 rings (SSSR count). The lowest BCUT2D eigenvalue weighted by Crippen LogP contribution is -2.28. The zero-order valence-corrected chi connectivity index (χ0v) is 13.0. The Bertz CT molecular complexity index is 603. The second-order valence-electron chi connectivity index (χ2n) is 5.58. The Kier molecular flexibility index (Phi) is 4.05. The number of hydrogen-bond acceptors (Lipinski definition) is 5. The van der Waals surface area contributed by atoms with E-state index in [1.54, 1.807) is 0 Å². The second kappa shape index (κ2) is 5.97. The SMILES string of the molecule is CCc1nnc([C@H](C)N[C@H]2CCCc3c2cnn3CC)o1. The Morgan fingerprint density at radius 1 is 1.43 bits per heavy atom. The van der Waals surface area contributed by atoms with Crippen molar-refractivity contribution >= 4 is 0 Å². The highest BCUT2D eigenvalue weighted by atomic mass is 16.4. The van der Waals surface area contributed by atoms with Gasteiger partial charge in [0.2, 0.25) is 11.8 Å². The first kappa shape index (κ1) is 14.3. The number of aromatic nitrogens is 4. The normalized spacial score (nSPS) is 19.5. The standard InChI is InChI=1S/C15H23N5O/c1-4-14-18-19-15(21-14)10(3)17-12-7-6-8-13-11(12)9-16-20(13)5-2/h9-10,12,17H,4-8H2,1-3H3/t10-,12-/m0/s1. The van der Waals surface area contributed by atoms with Crippen LogP contribution in [0.3, 0.4) is 0 Å². The number of fused-ring (bicyclic) bond motifs is 1. The summed E-state index contributed by atoms with van der Waals surface area (Å²) in [5, 5.41) is 16.3. The molecule has 2 atom stereocenters. The van der Waals surface area contributed by atoms with Crippen LogP contribution in [-0.4, -0.2) is 20.0 Å². The molecule has 6 nitrogen and oxygen atoms in total. The van der Waals surface area contributed by atoms with Gasteiger partial charge in [-0.2, -0.15) is 5.10 Å². The number of hydrogen-bond donors (Lipinski definition) is 1. The molecule has 0 spiro atoms. The maximum atomic E-state index is 5.64. The Morgan fingerprint density at radius 2 is 2.29 bits per heavy atom. The molecule has 0 aromatic carbocycles. The third-order valence-electron chi connectivity index (χ3n) is 4.17. The molecule has 6 heteroatoms. The van der Waals surface area contributed by atoms with Gasteiger partial charge in [-0.25, -0.2) is 0 Å². The summed E-state index contributed by atoms with van der Waals surface area (Å²) in [4.78, 5) is 0. The van der Waals surface area contributed by atoms with Crippen LogP contribution in [0, 0.1) is 0 Å². The van der Waals surface area contributed by atoms with Gasteiger partial charge in [0.25, 0.3) is 0 Å². The van der Waals surface area contributed by atoms with E-state index >= 15 is 0 Å². The highest BCUT2D eigenvalue weighted by Crippen LogP contribution is 2.31. The molecule has 2 aromatic heterocycles. The lowest BCUT2D eigenvalue weighted by atomic mass is 9.92. The summed E-state index contributed by atoms with van der Waals surface area (Å²) < 4.78 is 7.75. The third-order valence-corrected chi connectivity index (χ3v) is 4.17. The summed E-state index contributed by atoms with van der Waals surface area (Å²) in [6.07, 6.45) is 6.22. The van der Waals surface area contributed by atoms with Gasteiger partial charge in [-0.05, 0) is 33.1 Å². The zero-order valence-electron chi connectivity index (χ0n) is 13.0. The molecular formula is C15H23N5O. The lowest BCUT2D eigenvalue weighted by Gasteiger charge is -2.26. The molecule has 1 aliphatic rings. The number of nitrogens with zero attached hydrogens (tertiary/aromatic N) is 4. The van der Waals surface area contributed by atoms with E-state index in [1.807, 2.05) is 13.1 Å². The fourth-order valence-corrected chi connectivity index (χ4v) is 3.02. The van der Waals surface area contributed by atoms with Crippen LogP contribution in [0.1, 0.15) is 68.7 Å². The van der Waals surface area contributed by atoms with Gasteiger partial charge in [-0.15, -0.1) is 10.2 Å². The van der Waals surface area contributed by atoms with Crippen molar-refractivity contribution in [3.05, 3.63) is 29.2 Å². The van der Waals surface area contributed by atoms with Gasteiger partial charge >= 0.3 is 0 Å². The third kappa shape index (κ3) is 2.72. The van der Waals surface area contributed by atoms with Gasteiger partial charge in [0.15, 0.2) is 0 Å². The van der Waals surface area contributed by atoms with Crippen LogP contribution in [0.25, 0.3) is 0 Å². The van der Waals surface area contributed by atoms with Crippen molar-refractivity contribution in [3.63, 3.8) is 0 Å². The summed E-state index contributed by atoms with van der Waals surface area (Å²) in [6.45, 7) is 7.16. The minimum Gasteiger partial charge on any atom is -0.424 e. The van der Waals surface area contributed by atoms with Gasteiger partial charge in [0, 0.05) is 30.3 Å². The first-order valence-corrected chi connectivity index (χ1v) is 7.85. The van der Waals surface area contributed by atoms with E-state index < -0.39 is 0 Å². The van der Waals surface area contributed by atoms with Crippen LogP contribution in [0.15, 0.2) is 10.6 Å². The number of aryl methyl sites for hydroxylation is 2. The van der Waals surface area contributed by atoms with Crippen molar-refractivity contribution in [1.29, 1.82) is 0 Å². The highest BCUT2D eigenvalue weighted by molar-refractivity contribution is 5.25. The quantitative estimate of drug-likeness (QED) is 0.916. The topological polar surface area (TPSA) is 68.8 Å². The molecule has 0 saturated carbocycles. The molecule has 0 bridgehead atoms. The van der Waals surface area contributed by atoms with Crippen molar-refractivity contribution < 1.29 is 4.42 Å². The van der Waals surface area contributed by atoms with E-state index in [-0.39, 0.29) is 6.04 Å². The van der Waals surface area contributed by atoms with Gasteiger partial charge in [-0.1, -0.05) is 6.92 Å². The zero-order chi connectivity index (χ0) is 14.8. The molecule has 2 heterocycles. The molecule has 2 aromatic rings. The maximum Gasteiger partial charge on any atom is 0.233 e. The van der Waals surface area contributed by atoms with Gasteiger partial charge in [-0.3, -0.25) is 10.00 Å². The molecule has 0 aliphatic heterocycles. The summed E-state index contributed by atoms with van der Waals surface area (Å²) in [7, 11) is 0. The average molecular weight is 289 g/mol. The largest absolute Gasteiger partial charge is 0.424 e. The molecule has 21 heavy (non-hydrogen) atoms. The van der Waals surface area contributed by atoms with E-state index in [4.69, 9.17) is 4.42 Å². The van der Waals surface area contributed by atoms with E-state index in [1.165, 1.54) is 17.7 Å². The Balaban J connectivity index is 1.75. The first-order chi connectivity index (χ1) is 10.2. The van der Waals surface area contributed by atoms with Crippen LogP contribution >= 0.6 is 0 Å². The summed E-state index contributed by atoms with van der Waals surface area (Å²) in [5.74, 6) is 1.36. The van der Waals surface area contributed by atoms with Gasteiger partial charge in [0.05, 0.1) is 12.2 Å². The summed E-state index contributed by atoms with van der Waals surface area (Å²) in [6, 6.07) is 0.375. The monoisotopic (exact) mass is 289 g/mol. The predicted molar refractivity (Wildman–Crippen MR) is 78.8 cm³/mol. The Hall–Kier alpha value is -1.69. The summed E-state index contributed by atoms with van der Waals surface area (Å²) in [5.41, 5.74) is 2.69. The fourth-order valence-electron chi connectivity index (χ4n) is 3.02. The van der Waals surface area contributed by atoms with Gasteiger partial charge in [0.1, 0.15) is 0 Å². The van der Waals surface area contributed by atoms with Gasteiger partial charge < -0.3 is 4.42 Å². The fraction of sp³-hybridized carbons (Fsp3) is 0.667. The lowest BCUT2D eigenvalue weighted by molar-refractivity contribution is 0.347. The maximum absolute atomic E-state index is 5.64. The molecule has 0 fully saturated rings. The van der Waals surface area contributed by atoms with Crippen molar-refractivity contribution in [2.24, 2.45) is 0 Å². The van der Waals surface area contributed by atoms with Crippen LogP contribution in [0.4, 0.5) is 0 Å². The van der Waals surface area contributed by atoms with Crippen LogP contribution < -0.4 is 5.32 Å². The van der Waals surface area contributed by atoms with E-state index in [2.05, 4.69) is 39.1 Å². The van der Waals surface area contributed by atoms with Crippen molar-refractivity contribution in [1.82, 2.24) is 25.3 Å². The molecule has 1 N–H and O–H groups in total. The molecule has 1 aliphatic carbocycles. The smallest absolute Gasteiger partial charge is 0.233 e. The van der Waals surface area contributed by atoms with Crippen LogP contribution in [0.2, 0.25) is 0 Å². The highest BCUT2D eigenvalue weighted by Gasteiger charge is 2.26. The summed E-state index contributed by atoms with van der Waals surface area (Å²) >= 11 is 0. The van der Waals surface area contributed by atoms with Crippen LogP contribution in [-0.2, 0) is 19.4 Å². The number of rotatable bonds is 5. The molecule has 0 saturated heterocycles. The molecule has 0 unspecified atom stereocenters. The van der Waals surface area contributed by atoms with E-state index in [0.29, 0.717) is 17.8 Å². The Morgan fingerprint density at radius 3 is 3.00 bits per heavy atom. The Labute approximate surface area is 124 Å². The van der Waals surface area contributed by atoms with Crippen molar-refractivity contribution in [3.8, 4) is 0 Å².